The smallest absolute Gasteiger partial charge is 0.309 e. The van der Waals surface area contributed by atoms with E-state index >= 15 is 0 Å². The van der Waals surface area contributed by atoms with E-state index in [0.717, 1.165) is 0 Å². The zero-order chi connectivity index (χ0) is 22.4. The number of carbonyl (C=O) groups is 1. The Morgan fingerprint density at radius 2 is 2.06 bits per heavy atom. The average molecular weight is 430 g/mol. The predicted molar refractivity (Wildman–Crippen MR) is 116 cm³/mol. The number of aromatic nitrogens is 2. The minimum absolute atomic E-state index is 0.0423. The fraction of sp³-hybridized carbons (Fsp3) is 0.522. The van der Waals surface area contributed by atoms with E-state index in [9.17, 15) is 14.7 Å². The van der Waals surface area contributed by atoms with Gasteiger partial charge in [0.05, 0.1) is 36.4 Å². The first-order chi connectivity index (χ1) is 15.0. The summed E-state index contributed by atoms with van der Waals surface area (Å²) < 4.78 is 12.0. The monoisotopic (exact) mass is 429 g/mol. The van der Waals surface area contributed by atoms with Crippen LogP contribution >= 0.6 is 0 Å². The maximum atomic E-state index is 13.5. The number of esters is 1. The first-order valence-corrected chi connectivity index (χ1v) is 10.7. The third-order valence-corrected chi connectivity index (χ3v) is 5.80. The molecule has 1 atom stereocenters. The fourth-order valence-corrected chi connectivity index (χ4v) is 4.19. The third-order valence-electron chi connectivity index (χ3n) is 5.80. The molecule has 1 aliphatic heterocycles. The van der Waals surface area contributed by atoms with E-state index in [1.165, 1.54) is 0 Å². The number of likely N-dealkylation sites (tertiary alicyclic amines) is 1. The Morgan fingerprint density at radius 3 is 2.68 bits per heavy atom. The van der Waals surface area contributed by atoms with Gasteiger partial charge in [-0.2, -0.15) is 0 Å². The van der Waals surface area contributed by atoms with Crippen LogP contribution in [0.1, 0.15) is 42.8 Å². The van der Waals surface area contributed by atoms with Crippen molar-refractivity contribution in [3.8, 4) is 5.75 Å². The van der Waals surface area contributed by atoms with Crippen molar-refractivity contribution in [1.29, 1.82) is 0 Å². The lowest BCUT2D eigenvalue weighted by Crippen LogP contribution is -2.42. The molecule has 8 nitrogen and oxygen atoms in total. The van der Waals surface area contributed by atoms with Crippen molar-refractivity contribution in [2.45, 2.75) is 39.3 Å². The van der Waals surface area contributed by atoms with Gasteiger partial charge in [0.2, 0.25) is 0 Å². The quantitative estimate of drug-likeness (QED) is 0.644. The predicted octanol–water partition coefficient (Wildman–Crippen LogP) is 2.27. The zero-order valence-electron chi connectivity index (χ0n) is 18.4. The van der Waals surface area contributed by atoms with Crippen molar-refractivity contribution in [1.82, 2.24) is 14.5 Å². The lowest BCUT2D eigenvalue weighted by atomic mass is 9.93. The highest BCUT2D eigenvalue weighted by Crippen LogP contribution is 2.34. The molecule has 0 spiro atoms. The van der Waals surface area contributed by atoms with Gasteiger partial charge in [0, 0.05) is 25.5 Å². The molecule has 0 bridgehead atoms. The van der Waals surface area contributed by atoms with Gasteiger partial charge >= 0.3 is 5.97 Å². The van der Waals surface area contributed by atoms with Crippen molar-refractivity contribution in [3.63, 3.8) is 0 Å². The molecule has 0 aromatic carbocycles. The Bertz CT molecular complexity index is 936. The second-order valence-corrected chi connectivity index (χ2v) is 7.75. The number of rotatable bonds is 8. The first-order valence-electron chi connectivity index (χ1n) is 10.7. The van der Waals surface area contributed by atoms with E-state index in [0.29, 0.717) is 62.6 Å². The topological polar surface area (TPSA) is 93.9 Å². The molecule has 1 aliphatic rings. The van der Waals surface area contributed by atoms with Crippen LogP contribution in [0.3, 0.4) is 0 Å². The van der Waals surface area contributed by atoms with E-state index in [1.54, 1.807) is 37.8 Å². The van der Waals surface area contributed by atoms with Crippen LogP contribution in [-0.2, 0) is 20.8 Å². The number of aryl methyl sites for hydroxylation is 1. The van der Waals surface area contributed by atoms with Gasteiger partial charge in [-0.05, 0) is 58.0 Å². The number of hydrogen-bond donors (Lipinski definition) is 1. The van der Waals surface area contributed by atoms with Crippen LogP contribution in [0.4, 0.5) is 0 Å². The fourth-order valence-electron chi connectivity index (χ4n) is 4.19. The lowest BCUT2D eigenvalue weighted by Gasteiger charge is -2.37. The van der Waals surface area contributed by atoms with Crippen LogP contribution in [0.15, 0.2) is 35.3 Å². The summed E-state index contributed by atoms with van der Waals surface area (Å²) in [7, 11) is 1.59. The molecule has 8 heteroatoms. The summed E-state index contributed by atoms with van der Waals surface area (Å²) in [5.41, 5.74) is 1.41. The number of ether oxygens (including phenoxy) is 2. The molecular formula is C23H31N3O5. The molecule has 1 fully saturated rings. The van der Waals surface area contributed by atoms with Crippen molar-refractivity contribution >= 4 is 5.97 Å². The number of nitrogens with zero attached hydrogens (tertiary/aromatic N) is 3. The average Bonchev–Trinajstić information content (AvgIpc) is 2.77. The van der Waals surface area contributed by atoms with Gasteiger partial charge in [-0.25, -0.2) is 0 Å². The number of pyridine rings is 2. The molecule has 2 aromatic rings. The maximum absolute atomic E-state index is 13.5. The van der Waals surface area contributed by atoms with Crippen molar-refractivity contribution < 1.29 is 19.4 Å². The Hall–Kier alpha value is -2.71. The summed E-state index contributed by atoms with van der Waals surface area (Å²) in [6.45, 7) is 5.94. The van der Waals surface area contributed by atoms with E-state index in [4.69, 9.17) is 9.47 Å². The van der Waals surface area contributed by atoms with Crippen LogP contribution in [0.2, 0.25) is 0 Å². The minimum atomic E-state index is -0.508. The Labute approximate surface area is 182 Å². The third kappa shape index (κ3) is 5.14. The molecule has 168 valence electrons. The SMILES string of the molecule is CCOC(=O)C1CCN([C@H](c2ccccn2)c2c(O)cc(C)n(CCOC)c2=O)CC1. The number of aromatic hydroxyl groups is 1. The van der Waals surface area contributed by atoms with Crippen molar-refractivity contribution in [3.05, 3.63) is 57.8 Å². The Morgan fingerprint density at radius 1 is 1.32 bits per heavy atom. The lowest BCUT2D eigenvalue weighted by molar-refractivity contribution is -0.149. The highest BCUT2D eigenvalue weighted by molar-refractivity contribution is 5.72. The highest BCUT2D eigenvalue weighted by atomic mass is 16.5. The summed E-state index contributed by atoms with van der Waals surface area (Å²) in [5, 5.41) is 10.8. The molecule has 0 aliphatic carbocycles. The van der Waals surface area contributed by atoms with Crippen LogP contribution in [0, 0.1) is 12.8 Å². The standard InChI is InChI=1S/C23H31N3O5/c1-4-31-23(29)17-8-11-25(12-9-17)21(18-7-5-6-10-24-18)20-19(27)15-16(2)26(22(20)28)13-14-30-3/h5-7,10,15,17,21,27H,4,8-9,11-14H2,1-3H3/t21-/m1/s1. The van der Waals surface area contributed by atoms with E-state index in [-0.39, 0.29) is 23.2 Å². The molecule has 0 saturated carbocycles. The summed E-state index contributed by atoms with van der Waals surface area (Å²) in [6.07, 6.45) is 2.95. The summed E-state index contributed by atoms with van der Waals surface area (Å²) in [6, 6.07) is 6.66. The van der Waals surface area contributed by atoms with Gasteiger partial charge in [0.1, 0.15) is 5.75 Å². The van der Waals surface area contributed by atoms with Crippen LogP contribution in [0.5, 0.6) is 5.75 Å². The minimum Gasteiger partial charge on any atom is -0.507 e. The van der Waals surface area contributed by atoms with Gasteiger partial charge in [-0.15, -0.1) is 0 Å². The van der Waals surface area contributed by atoms with E-state index in [1.807, 2.05) is 18.2 Å². The number of carbonyl (C=O) groups excluding carboxylic acids is 1. The Balaban J connectivity index is 1.99. The van der Waals surface area contributed by atoms with Crippen molar-refractivity contribution in [2.24, 2.45) is 5.92 Å². The first kappa shape index (κ1) is 23.0. The van der Waals surface area contributed by atoms with Gasteiger partial charge in [0.25, 0.3) is 5.56 Å². The second kappa shape index (κ2) is 10.5. The molecule has 0 radical (unpaired) electrons. The van der Waals surface area contributed by atoms with Crippen LogP contribution in [0.25, 0.3) is 0 Å². The second-order valence-electron chi connectivity index (χ2n) is 7.75. The molecular weight excluding hydrogens is 398 g/mol. The maximum Gasteiger partial charge on any atom is 0.309 e. The van der Waals surface area contributed by atoms with Gasteiger partial charge in [0.15, 0.2) is 0 Å². The van der Waals surface area contributed by atoms with Crippen LogP contribution in [-0.4, -0.2) is 58.9 Å². The van der Waals surface area contributed by atoms with E-state index in [2.05, 4.69) is 9.88 Å². The number of hydrogen-bond acceptors (Lipinski definition) is 7. The molecule has 0 amide bonds. The molecule has 1 N–H and O–H groups in total. The summed E-state index contributed by atoms with van der Waals surface area (Å²) in [4.78, 5) is 32.2. The van der Waals surface area contributed by atoms with Crippen molar-refractivity contribution in [2.75, 3.05) is 33.4 Å². The van der Waals surface area contributed by atoms with Crippen LogP contribution < -0.4 is 5.56 Å². The molecule has 2 aromatic heterocycles. The Kier molecular flexibility index (Phi) is 7.81. The van der Waals surface area contributed by atoms with Gasteiger partial charge in [-0.3, -0.25) is 19.5 Å². The van der Waals surface area contributed by atoms with E-state index < -0.39 is 6.04 Å². The molecule has 3 rings (SSSR count). The summed E-state index contributed by atoms with van der Waals surface area (Å²) >= 11 is 0. The number of piperidine rings is 1. The molecule has 3 heterocycles. The highest BCUT2D eigenvalue weighted by Gasteiger charge is 2.34. The summed E-state index contributed by atoms with van der Waals surface area (Å²) in [5.74, 6) is -0.360. The largest absolute Gasteiger partial charge is 0.507 e. The number of methoxy groups -OCH3 is 1. The van der Waals surface area contributed by atoms with Gasteiger partial charge < -0.3 is 19.1 Å². The zero-order valence-corrected chi connectivity index (χ0v) is 18.4. The molecule has 1 saturated heterocycles. The normalized spacial score (nSPS) is 16.2. The van der Waals surface area contributed by atoms with Gasteiger partial charge in [-0.1, -0.05) is 6.07 Å². The molecule has 31 heavy (non-hydrogen) atoms. The molecule has 0 unspecified atom stereocenters.